The Morgan fingerprint density at radius 1 is 1.04 bits per heavy atom. The van der Waals surface area contributed by atoms with Gasteiger partial charge in [0.15, 0.2) is 5.17 Å². The topological polar surface area (TPSA) is 35.0 Å². The number of thioether (sulfide) groups is 1. The van der Waals surface area contributed by atoms with Gasteiger partial charge in [0, 0.05) is 57.3 Å². The first kappa shape index (κ1) is 16.2. The Labute approximate surface area is 149 Å². The number of rotatable bonds is 3. The van der Waals surface area contributed by atoms with E-state index in [0.717, 1.165) is 58.2 Å². The molecule has 4 heterocycles. The molecule has 1 aromatic rings. The molecular weight excluding hydrogens is 318 g/mol. The van der Waals surface area contributed by atoms with E-state index in [-0.39, 0.29) is 0 Å². The third-order valence-electron chi connectivity index (χ3n) is 5.08. The van der Waals surface area contributed by atoms with E-state index in [0.29, 0.717) is 5.25 Å². The van der Waals surface area contributed by atoms with Gasteiger partial charge in [-0.3, -0.25) is 9.89 Å². The van der Waals surface area contributed by atoms with Crippen LogP contribution in [-0.4, -0.2) is 71.0 Å². The van der Waals surface area contributed by atoms with Crippen LogP contribution in [0.4, 0.5) is 5.82 Å². The average Bonchev–Trinajstić information content (AvgIpc) is 3.28. The lowest BCUT2D eigenvalue weighted by molar-refractivity contribution is 0.177. The first-order valence-corrected chi connectivity index (χ1v) is 10.0. The van der Waals surface area contributed by atoms with Crippen LogP contribution in [0.3, 0.4) is 0 Å². The lowest BCUT2D eigenvalue weighted by Gasteiger charge is -2.35. The van der Waals surface area contributed by atoms with Gasteiger partial charge in [-0.15, -0.1) is 0 Å². The fraction of sp³-hybridized carbons (Fsp3) is 0.667. The Bertz CT molecular complexity index is 574. The van der Waals surface area contributed by atoms with Crippen LogP contribution in [0.25, 0.3) is 0 Å². The molecule has 3 aliphatic rings. The van der Waals surface area contributed by atoms with E-state index < -0.39 is 0 Å². The summed E-state index contributed by atoms with van der Waals surface area (Å²) in [5, 5.41) is 1.91. The highest BCUT2D eigenvalue weighted by Gasteiger charge is 2.24. The standard InChI is InChI=1S/C18H27N5S/c1-15-12-20-18(24-15)23-10-8-21(9-11-23)14-16-4-5-17(19-13-16)22-6-2-3-7-22/h4-5,13,15H,2-3,6-12,14H2,1H3. The molecule has 2 fully saturated rings. The minimum atomic E-state index is 0.651. The highest BCUT2D eigenvalue weighted by molar-refractivity contribution is 8.14. The zero-order chi connectivity index (χ0) is 16.4. The van der Waals surface area contributed by atoms with E-state index in [1.54, 1.807) is 0 Å². The van der Waals surface area contributed by atoms with Crippen LogP contribution in [0, 0.1) is 0 Å². The summed E-state index contributed by atoms with van der Waals surface area (Å²) in [4.78, 5) is 16.7. The minimum absolute atomic E-state index is 0.651. The van der Waals surface area contributed by atoms with Gasteiger partial charge >= 0.3 is 0 Å². The monoisotopic (exact) mass is 345 g/mol. The van der Waals surface area contributed by atoms with Crippen molar-refractivity contribution in [3.63, 3.8) is 0 Å². The summed E-state index contributed by atoms with van der Waals surface area (Å²) in [5.41, 5.74) is 1.33. The van der Waals surface area contributed by atoms with Gasteiger partial charge in [0.2, 0.25) is 0 Å². The van der Waals surface area contributed by atoms with Crippen LogP contribution < -0.4 is 4.90 Å². The summed E-state index contributed by atoms with van der Waals surface area (Å²) in [7, 11) is 0. The molecule has 0 spiro atoms. The number of anilines is 1. The number of piperazine rings is 1. The lowest BCUT2D eigenvalue weighted by atomic mass is 10.2. The Morgan fingerprint density at radius 2 is 1.83 bits per heavy atom. The molecule has 0 saturated carbocycles. The summed E-state index contributed by atoms with van der Waals surface area (Å²) in [6.07, 6.45) is 4.67. The number of pyridine rings is 1. The second-order valence-corrected chi connectivity index (χ2v) is 8.44. The number of hydrogen-bond acceptors (Lipinski definition) is 6. The molecule has 0 aromatic carbocycles. The smallest absolute Gasteiger partial charge is 0.159 e. The van der Waals surface area contributed by atoms with Crippen molar-refractivity contribution in [1.82, 2.24) is 14.8 Å². The van der Waals surface area contributed by atoms with Gasteiger partial charge < -0.3 is 9.80 Å². The van der Waals surface area contributed by atoms with E-state index in [9.17, 15) is 0 Å². The molecule has 2 saturated heterocycles. The van der Waals surface area contributed by atoms with E-state index in [2.05, 4.69) is 49.9 Å². The minimum Gasteiger partial charge on any atom is -0.357 e. The predicted molar refractivity (Wildman–Crippen MR) is 102 cm³/mol. The molecule has 0 aliphatic carbocycles. The summed E-state index contributed by atoms with van der Waals surface area (Å²) in [6.45, 7) is 11.0. The van der Waals surface area contributed by atoms with Gasteiger partial charge in [-0.25, -0.2) is 4.98 Å². The second-order valence-electron chi connectivity index (χ2n) is 7.03. The lowest BCUT2D eigenvalue weighted by Crippen LogP contribution is -2.47. The molecule has 1 atom stereocenters. The molecule has 4 rings (SSSR count). The molecule has 1 aromatic heterocycles. The van der Waals surface area contributed by atoms with Crippen molar-refractivity contribution >= 4 is 22.7 Å². The molecular formula is C18H27N5S. The molecule has 24 heavy (non-hydrogen) atoms. The molecule has 6 heteroatoms. The fourth-order valence-electron chi connectivity index (χ4n) is 3.63. The first-order chi connectivity index (χ1) is 11.8. The van der Waals surface area contributed by atoms with Crippen LogP contribution in [0.5, 0.6) is 0 Å². The van der Waals surface area contributed by atoms with Crippen LogP contribution in [0.15, 0.2) is 23.3 Å². The third kappa shape index (κ3) is 3.70. The first-order valence-electron chi connectivity index (χ1n) is 9.16. The molecule has 0 bridgehead atoms. The molecule has 1 unspecified atom stereocenters. The van der Waals surface area contributed by atoms with Crippen LogP contribution in [0.2, 0.25) is 0 Å². The highest BCUT2D eigenvalue weighted by atomic mass is 32.2. The Morgan fingerprint density at radius 3 is 2.46 bits per heavy atom. The van der Waals surface area contributed by atoms with Crippen molar-refractivity contribution in [2.45, 2.75) is 31.6 Å². The number of nitrogens with zero attached hydrogens (tertiary/aromatic N) is 5. The van der Waals surface area contributed by atoms with Crippen molar-refractivity contribution in [2.24, 2.45) is 4.99 Å². The van der Waals surface area contributed by atoms with Crippen molar-refractivity contribution < 1.29 is 0 Å². The van der Waals surface area contributed by atoms with Gasteiger partial charge in [0.05, 0.1) is 6.54 Å². The van der Waals surface area contributed by atoms with E-state index in [1.165, 1.54) is 23.6 Å². The maximum atomic E-state index is 4.68. The maximum absolute atomic E-state index is 4.68. The Hall–Kier alpha value is -1.27. The van der Waals surface area contributed by atoms with Crippen molar-refractivity contribution in [2.75, 3.05) is 50.7 Å². The summed E-state index contributed by atoms with van der Waals surface area (Å²) < 4.78 is 0. The third-order valence-corrected chi connectivity index (χ3v) is 6.23. The maximum Gasteiger partial charge on any atom is 0.159 e. The van der Waals surface area contributed by atoms with Crippen molar-refractivity contribution in [1.29, 1.82) is 0 Å². The van der Waals surface area contributed by atoms with Gasteiger partial charge in [-0.1, -0.05) is 24.8 Å². The van der Waals surface area contributed by atoms with Gasteiger partial charge in [-0.2, -0.15) is 0 Å². The number of aliphatic imine (C=N–C) groups is 1. The van der Waals surface area contributed by atoms with Crippen molar-refractivity contribution in [3.8, 4) is 0 Å². The summed E-state index contributed by atoms with van der Waals surface area (Å²) in [5.74, 6) is 1.14. The Balaban J connectivity index is 1.27. The van der Waals surface area contributed by atoms with E-state index >= 15 is 0 Å². The molecule has 0 amide bonds. The SMILES string of the molecule is CC1CN=C(N2CCN(Cc3ccc(N4CCCC4)nc3)CC2)S1. The second kappa shape index (κ2) is 7.31. The molecule has 0 N–H and O–H groups in total. The van der Waals surface area contributed by atoms with Gasteiger partial charge in [-0.05, 0) is 24.5 Å². The van der Waals surface area contributed by atoms with Gasteiger partial charge in [0.1, 0.15) is 5.82 Å². The normalized spacial score (nSPS) is 25.4. The number of hydrogen-bond donors (Lipinski definition) is 0. The number of amidine groups is 1. The van der Waals surface area contributed by atoms with E-state index in [1.807, 2.05) is 11.8 Å². The van der Waals surface area contributed by atoms with Crippen LogP contribution >= 0.6 is 11.8 Å². The predicted octanol–water partition coefficient (Wildman–Crippen LogP) is 2.29. The zero-order valence-electron chi connectivity index (χ0n) is 14.5. The van der Waals surface area contributed by atoms with Crippen LogP contribution in [0.1, 0.15) is 25.3 Å². The largest absolute Gasteiger partial charge is 0.357 e. The quantitative estimate of drug-likeness (QED) is 0.840. The Kier molecular flexibility index (Phi) is 4.94. The molecule has 3 aliphatic heterocycles. The fourth-order valence-corrected chi connectivity index (χ4v) is 4.62. The van der Waals surface area contributed by atoms with Gasteiger partial charge in [0.25, 0.3) is 0 Å². The van der Waals surface area contributed by atoms with E-state index in [4.69, 9.17) is 0 Å². The summed E-state index contributed by atoms with van der Waals surface area (Å²) >= 11 is 1.93. The zero-order valence-corrected chi connectivity index (χ0v) is 15.3. The van der Waals surface area contributed by atoms with Crippen LogP contribution in [-0.2, 0) is 6.54 Å². The molecule has 0 radical (unpaired) electrons. The summed E-state index contributed by atoms with van der Waals surface area (Å²) in [6, 6.07) is 4.45. The number of aromatic nitrogens is 1. The molecule has 5 nitrogen and oxygen atoms in total. The van der Waals surface area contributed by atoms with Crippen molar-refractivity contribution in [3.05, 3.63) is 23.9 Å². The molecule has 130 valence electrons. The average molecular weight is 346 g/mol. The highest BCUT2D eigenvalue weighted by Crippen LogP contribution is 2.24.